The lowest BCUT2D eigenvalue weighted by Crippen LogP contribution is -2.35. The second kappa shape index (κ2) is 11.6. The monoisotopic (exact) mass is 442 g/mol. The van der Waals surface area contributed by atoms with E-state index in [0.717, 1.165) is 6.08 Å². The van der Waals surface area contributed by atoms with E-state index in [9.17, 15) is 14.4 Å². The highest BCUT2D eigenvalue weighted by molar-refractivity contribution is 6.02. The van der Waals surface area contributed by atoms with Crippen LogP contribution in [0.4, 0.5) is 4.79 Å². The lowest BCUT2D eigenvalue weighted by atomic mass is 9.81. The van der Waals surface area contributed by atoms with Crippen LogP contribution in [0.15, 0.2) is 66.7 Å². The lowest BCUT2D eigenvalue weighted by Gasteiger charge is -2.32. The topological polar surface area (TPSA) is 134 Å². The number of amides is 3. The maximum Gasteiger partial charge on any atom is 0.414 e. The van der Waals surface area contributed by atoms with Crippen LogP contribution in [0.2, 0.25) is 0 Å². The third-order valence-electron chi connectivity index (χ3n) is 4.48. The SMILES string of the molecule is CC(C)(/C=C/C(=O)NO)[C@H](OC(=O)NC(=O)c1ccccc1)c1ccccc1OCCO. The third kappa shape index (κ3) is 6.93. The van der Waals surface area contributed by atoms with Crippen molar-refractivity contribution >= 4 is 17.9 Å². The number of hydrogen-bond acceptors (Lipinski definition) is 7. The summed E-state index contributed by atoms with van der Waals surface area (Å²) in [4.78, 5) is 36.4. The molecule has 0 unspecified atom stereocenters. The van der Waals surface area contributed by atoms with Gasteiger partial charge in [-0.3, -0.25) is 20.1 Å². The number of aliphatic hydroxyl groups excluding tert-OH is 1. The van der Waals surface area contributed by atoms with Gasteiger partial charge in [-0.2, -0.15) is 0 Å². The molecule has 0 heterocycles. The van der Waals surface area contributed by atoms with Gasteiger partial charge in [0.15, 0.2) is 0 Å². The van der Waals surface area contributed by atoms with Gasteiger partial charge in [0.05, 0.1) is 6.61 Å². The van der Waals surface area contributed by atoms with Crippen LogP contribution < -0.4 is 15.5 Å². The summed E-state index contributed by atoms with van der Waals surface area (Å²) in [7, 11) is 0. The number of para-hydroxylation sites is 1. The number of ether oxygens (including phenoxy) is 2. The van der Waals surface area contributed by atoms with Gasteiger partial charge in [-0.15, -0.1) is 0 Å². The van der Waals surface area contributed by atoms with Crippen LogP contribution in [0.3, 0.4) is 0 Å². The molecular formula is C23H26N2O7. The van der Waals surface area contributed by atoms with Crippen molar-refractivity contribution in [2.45, 2.75) is 20.0 Å². The number of imide groups is 1. The Labute approximate surface area is 185 Å². The Balaban J connectivity index is 2.34. The standard InChI is InChI=1S/C23H26N2O7/c1-23(2,13-12-19(27)25-30)20(17-10-6-7-11-18(17)31-15-14-26)32-22(29)24-21(28)16-8-4-3-5-9-16/h3-13,20,26,30H,14-15H2,1-2H3,(H,25,27)(H,24,28,29)/b13-12+/t20-/m1/s1. The van der Waals surface area contributed by atoms with Gasteiger partial charge in [0.1, 0.15) is 18.5 Å². The van der Waals surface area contributed by atoms with Gasteiger partial charge in [-0.05, 0) is 18.2 Å². The average molecular weight is 442 g/mol. The van der Waals surface area contributed by atoms with E-state index in [-0.39, 0.29) is 18.8 Å². The highest BCUT2D eigenvalue weighted by atomic mass is 16.6. The molecule has 3 amide bonds. The van der Waals surface area contributed by atoms with Gasteiger partial charge in [0.2, 0.25) is 0 Å². The first-order chi connectivity index (χ1) is 15.3. The molecule has 0 aliphatic rings. The van der Waals surface area contributed by atoms with Crippen LogP contribution in [0.25, 0.3) is 0 Å². The molecule has 0 aromatic heterocycles. The summed E-state index contributed by atoms with van der Waals surface area (Å²) in [6, 6.07) is 14.9. The van der Waals surface area contributed by atoms with E-state index in [4.69, 9.17) is 19.8 Å². The van der Waals surface area contributed by atoms with Gasteiger partial charge >= 0.3 is 6.09 Å². The van der Waals surface area contributed by atoms with Gasteiger partial charge in [-0.1, -0.05) is 56.3 Å². The molecule has 9 heteroatoms. The van der Waals surface area contributed by atoms with E-state index in [1.165, 1.54) is 11.6 Å². The van der Waals surface area contributed by atoms with E-state index in [1.807, 2.05) is 0 Å². The Hall–Kier alpha value is -3.69. The Bertz CT molecular complexity index is 958. The van der Waals surface area contributed by atoms with Crippen molar-refractivity contribution in [3.05, 3.63) is 77.9 Å². The number of nitrogens with one attached hydrogen (secondary N) is 2. The number of carbonyl (C=O) groups excluding carboxylic acids is 3. The summed E-state index contributed by atoms with van der Waals surface area (Å²) in [6.45, 7) is 3.21. The largest absolute Gasteiger partial charge is 0.491 e. The van der Waals surface area contributed by atoms with Crippen molar-refractivity contribution in [3.63, 3.8) is 0 Å². The van der Waals surface area contributed by atoms with Crippen molar-refractivity contribution in [3.8, 4) is 5.75 Å². The van der Waals surface area contributed by atoms with Crippen molar-refractivity contribution < 1.29 is 34.2 Å². The summed E-state index contributed by atoms with van der Waals surface area (Å²) >= 11 is 0. The zero-order valence-electron chi connectivity index (χ0n) is 17.8. The predicted molar refractivity (Wildman–Crippen MR) is 115 cm³/mol. The molecule has 0 spiro atoms. The van der Waals surface area contributed by atoms with E-state index >= 15 is 0 Å². The van der Waals surface area contributed by atoms with Gasteiger partial charge in [0.25, 0.3) is 11.8 Å². The maximum absolute atomic E-state index is 12.6. The van der Waals surface area contributed by atoms with E-state index < -0.39 is 29.4 Å². The van der Waals surface area contributed by atoms with E-state index in [2.05, 4.69) is 5.32 Å². The molecule has 0 fully saturated rings. The number of hydroxylamine groups is 1. The molecule has 0 aliphatic heterocycles. The molecule has 1 atom stereocenters. The smallest absolute Gasteiger partial charge is 0.414 e. The summed E-state index contributed by atoms with van der Waals surface area (Å²) in [5, 5.41) is 20.0. The summed E-state index contributed by atoms with van der Waals surface area (Å²) in [5.41, 5.74) is 1.27. The lowest BCUT2D eigenvalue weighted by molar-refractivity contribution is -0.124. The van der Waals surface area contributed by atoms with Gasteiger partial charge < -0.3 is 14.6 Å². The number of rotatable bonds is 9. The van der Waals surface area contributed by atoms with Crippen LogP contribution in [0.1, 0.15) is 35.9 Å². The molecule has 0 saturated heterocycles. The first kappa shape index (κ1) is 24.6. The van der Waals surface area contributed by atoms with Crippen LogP contribution in [-0.2, 0) is 9.53 Å². The first-order valence-electron chi connectivity index (χ1n) is 9.81. The Morgan fingerprint density at radius 1 is 1.06 bits per heavy atom. The summed E-state index contributed by atoms with van der Waals surface area (Å²) < 4.78 is 11.2. The van der Waals surface area contributed by atoms with Crippen molar-refractivity contribution in [1.29, 1.82) is 0 Å². The fourth-order valence-corrected chi connectivity index (χ4v) is 2.91. The van der Waals surface area contributed by atoms with Crippen LogP contribution >= 0.6 is 0 Å². The minimum absolute atomic E-state index is 0.0195. The third-order valence-corrected chi connectivity index (χ3v) is 4.48. The summed E-state index contributed by atoms with van der Waals surface area (Å²) in [5.74, 6) is -1.03. The van der Waals surface area contributed by atoms with Crippen molar-refractivity contribution in [2.24, 2.45) is 5.41 Å². The highest BCUT2D eigenvalue weighted by Gasteiger charge is 2.35. The van der Waals surface area contributed by atoms with Crippen molar-refractivity contribution in [2.75, 3.05) is 13.2 Å². The number of hydrogen-bond donors (Lipinski definition) is 4. The van der Waals surface area contributed by atoms with Crippen LogP contribution in [0, 0.1) is 5.41 Å². The molecule has 32 heavy (non-hydrogen) atoms. The molecule has 0 aliphatic carbocycles. The molecule has 0 bridgehead atoms. The minimum Gasteiger partial charge on any atom is -0.491 e. The van der Waals surface area contributed by atoms with Gasteiger partial charge in [-0.25, -0.2) is 10.3 Å². The fourth-order valence-electron chi connectivity index (χ4n) is 2.91. The average Bonchev–Trinajstić information content (AvgIpc) is 2.80. The van der Waals surface area contributed by atoms with E-state index in [0.29, 0.717) is 11.3 Å². The normalized spacial score (nSPS) is 12.1. The molecule has 170 valence electrons. The first-order valence-corrected chi connectivity index (χ1v) is 9.81. The van der Waals surface area contributed by atoms with Gasteiger partial charge in [0, 0.05) is 22.6 Å². The fraction of sp³-hybridized carbons (Fsp3) is 0.261. The second-order valence-corrected chi connectivity index (χ2v) is 7.35. The highest BCUT2D eigenvalue weighted by Crippen LogP contribution is 2.41. The predicted octanol–water partition coefficient (Wildman–Crippen LogP) is 2.75. The van der Waals surface area contributed by atoms with Crippen LogP contribution in [-0.4, -0.2) is 41.4 Å². The molecule has 4 N–H and O–H groups in total. The van der Waals surface area contributed by atoms with E-state index in [1.54, 1.807) is 68.4 Å². The number of alkyl carbamates (subject to hydrolysis) is 1. The number of carbonyl (C=O) groups is 3. The Morgan fingerprint density at radius 3 is 2.38 bits per heavy atom. The number of aliphatic hydroxyl groups is 1. The molecule has 2 aromatic rings. The molecular weight excluding hydrogens is 416 g/mol. The minimum atomic E-state index is -0.997. The Kier molecular flexibility index (Phi) is 8.94. The number of benzene rings is 2. The maximum atomic E-state index is 12.6. The molecule has 0 saturated carbocycles. The zero-order valence-corrected chi connectivity index (χ0v) is 17.8. The molecule has 0 radical (unpaired) electrons. The molecule has 2 rings (SSSR count). The zero-order chi connectivity index (χ0) is 23.6. The Morgan fingerprint density at radius 2 is 1.72 bits per heavy atom. The van der Waals surface area contributed by atoms with Crippen LogP contribution in [0.5, 0.6) is 5.75 Å². The van der Waals surface area contributed by atoms with Crippen molar-refractivity contribution in [1.82, 2.24) is 10.8 Å². The molecule has 2 aromatic carbocycles. The molecule has 9 nitrogen and oxygen atoms in total. The summed E-state index contributed by atoms with van der Waals surface area (Å²) in [6.07, 6.45) is 0.566. The second-order valence-electron chi connectivity index (χ2n) is 7.35. The quantitative estimate of drug-likeness (QED) is 0.266.